The summed E-state index contributed by atoms with van der Waals surface area (Å²) in [4.78, 5) is 31.8. The van der Waals surface area contributed by atoms with Crippen molar-refractivity contribution in [3.05, 3.63) is 83.7 Å². The molecule has 1 fully saturated rings. The number of ether oxygens (including phenoxy) is 2. The molecule has 2 aromatic carbocycles. The first-order valence-electron chi connectivity index (χ1n) is 11.8. The highest BCUT2D eigenvalue weighted by Gasteiger charge is 2.46. The van der Waals surface area contributed by atoms with Gasteiger partial charge in [-0.15, -0.1) is 0 Å². The first-order chi connectivity index (χ1) is 17.4. The van der Waals surface area contributed by atoms with E-state index in [1.54, 1.807) is 30.7 Å². The number of amides is 1. The lowest BCUT2D eigenvalue weighted by molar-refractivity contribution is -0.139. The standard InChI is InChI=1S/C27H28FN3O5/c1-3-35-21-11-8-19(16-22(21)36-4-2)24-23(25(32)18-6-9-20(28)10-7-18)26(33)27(34)31(24)14-5-13-30-15-12-29-17-30/h6-12,15-17,24,32H,3-5,13-14H2,1-2H3/t24-/m1/s1. The molecule has 0 spiro atoms. The van der Waals surface area contributed by atoms with Crippen LogP contribution in [0.25, 0.3) is 5.76 Å². The van der Waals surface area contributed by atoms with E-state index in [1.165, 1.54) is 29.2 Å². The molecule has 0 unspecified atom stereocenters. The van der Waals surface area contributed by atoms with Crippen molar-refractivity contribution in [1.29, 1.82) is 0 Å². The monoisotopic (exact) mass is 493 g/mol. The summed E-state index contributed by atoms with van der Waals surface area (Å²) in [5, 5.41) is 11.1. The molecule has 0 bridgehead atoms. The zero-order valence-electron chi connectivity index (χ0n) is 20.2. The van der Waals surface area contributed by atoms with Crippen molar-refractivity contribution in [2.75, 3.05) is 19.8 Å². The van der Waals surface area contributed by atoms with E-state index in [9.17, 15) is 19.1 Å². The number of nitrogens with zero attached hydrogens (tertiary/aromatic N) is 3. The second-order valence-electron chi connectivity index (χ2n) is 8.23. The Bertz CT molecular complexity index is 1250. The van der Waals surface area contributed by atoms with E-state index in [4.69, 9.17) is 9.47 Å². The molecule has 1 aliphatic heterocycles. The van der Waals surface area contributed by atoms with Gasteiger partial charge in [-0.05, 0) is 62.2 Å². The molecule has 188 valence electrons. The van der Waals surface area contributed by atoms with Crippen LogP contribution < -0.4 is 9.47 Å². The summed E-state index contributed by atoms with van der Waals surface area (Å²) < 4.78 is 26.8. The number of halogens is 1. The Hall–Kier alpha value is -4.14. The Kier molecular flexibility index (Phi) is 7.68. The van der Waals surface area contributed by atoms with Gasteiger partial charge in [0.05, 0.1) is 31.2 Å². The number of imidazole rings is 1. The van der Waals surface area contributed by atoms with Gasteiger partial charge in [0, 0.05) is 31.0 Å². The summed E-state index contributed by atoms with van der Waals surface area (Å²) in [5.41, 5.74) is 0.780. The molecule has 0 radical (unpaired) electrons. The highest BCUT2D eigenvalue weighted by molar-refractivity contribution is 6.46. The normalized spacial score (nSPS) is 17.0. The maximum Gasteiger partial charge on any atom is 0.295 e. The number of benzene rings is 2. The van der Waals surface area contributed by atoms with Gasteiger partial charge in [0.2, 0.25) is 0 Å². The van der Waals surface area contributed by atoms with Crippen molar-refractivity contribution in [2.45, 2.75) is 32.9 Å². The summed E-state index contributed by atoms with van der Waals surface area (Å²) in [5.74, 6) is -1.32. The van der Waals surface area contributed by atoms with Gasteiger partial charge < -0.3 is 24.0 Å². The molecule has 1 amide bonds. The van der Waals surface area contributed by atoms with Crippen LogP contribution in [0.4, 0.5) is 4.39 Å². The second kappa shape index (κ2) is 11.1. The summed E-state index contributed by atoms with van der Waals surface area (Å²) in [6.07, 6.45) is 5.73. The number of aliphatic hydroxyl groups is 1. The number of hydrogen-bond acceptors (Lipinski definition) is 6. The molecule has 1 aromatic heterocycles. The Morgan fingerprint density at radius 3 is 2.42 bits per heavy atom. The fourth-order valence-corrected chi connectivity index (χ4v) is 4.30. The maximum atomic E-state index is 13.5. The van der Waals surface area contributed by atoms with Gasteiger partial charge in [-0.2, -0.15) is 0 Å². The van der Waals surface area contributed by atoms with Crippen LogP contribution in [0.1, 0.15) is 37.4 Å². The molecule has 0 aliphatic carbocycles. The van der Waals surface area contributed by atoms with Crippen LogP contribution in [-0.4, -0.2) is 51.0 Å². The van der Waals surface area contributed by atoms with Crippen LogP contribution in [-0.2, 0) is 16.1 Å². The van der Waals surface area contributed by atoms with Crippen LogP contribution in [0.5, 0.6) is 11.5 Å². The molecule has 1 saturated heterocycles. The largest absolute Gasteiger partial charge is 0.507 e. The zero-order valence-corrected chi connectivity index (χ0v) is 20.2. The number of carbonyl (C=O) groups is 2. The van der Waals surface area contributed by atoms with E-state index in [-0.39, 0.29) is 23.4 Å². The molecule has 1 aliphatic rings. The lowest BCUT2D eigenvalue weighted by atomic mass is 9.95. The van der Waals surface area contributed by atoms with Crippen molar-refractivity contribution < 1.29 is 28.6 Å². The van der Waals surface area contributed by atoms with Crippen molar-refractivity contribution in [3.63, 3.8) is 0 Å². The summed E-state index contributed by atoms with van der Waals surface area (Å²) in [6.45, 7) is 5.41. The summed E-state index contributed by atoms with van der Waals surface area (Å²) in [6, 6.07) is 9.48. The third-order valence-electron chi connectivity index (χ3n) is 5.92. The number of rotatable bonds is 10. The predicted molar refractivity (Wildman–Crippen MR) is 131 cm³/mol. The van der Waals surface area contributed by atoms with E-state index in [0.29, 0.717) is 43.2 Å². The molecule has 9 heteroatoms. The molecule has 4 rings (SSSR count). The maximum absolute atomic E-state index is 13.5. The first kappa shape index (κ1) is 25.0. The van der Waals surface area contributed by atoms with Gasteiger partial charge in [-0.1, -0.05) is 6.07 Å². The molecule has 1 N–H and O–H groups in total. The van der Waals surface area contributed by atoms with E-state index in [0.717, 1.165) is 0 Å². The Morgan fingerprint density at radius 2 is 1.75 bits per heavy atom. The molecule has 1 atom stereocenters. The topological polar surface area (TPSA) is 93.9 Å². The zero-order chi connectivity index (χ0) is 25.7. The average molecular weight is 494 g/mol. The molecule has 8 nitrogen and oxygen atoms in total. The second-order valence-corrected chi connectivity index (χ2v) is 8.23. The minimum atomic E-state index is -0.854. The molecule has 0 saturated carbocycles. The predicted octanol–water partition coefficient (Wildman–Crippen LogP) is 4.33. The van der Waals surface area contributed by atoms with Gasteiger partial charge in [0.1, 0.15) is 11.6 Å². The van der Waals surface area contributed by atoms with E-state index in [2.05, 4.69) is 4.98 Å². The molecule has 2 heterocycles. The van der Waals surface area contributed by atoms with Crippen molar-refractivity contribution >= 4 is 17.4 Å². The van der Waals surface area contributed by atoms with Gasteiger partial charge >= 0.3 is 0 Å². The number of aryl methyl sites for hydroxylation is 1. The highest BCUT2D eigenvalue weighted by Crippen LogP contribution is 2.42. The minimum Gasteiger partial charge on any atom is -0.507 e. The Labute approximate surface area is 208 Å². The Morgan fingerprint density at radius 1 is 1.03 bits per heavy atom. The fourth-order valence-electron chi connectivity index (χ4n) is 4.30. The van der Waals surface area contributed by atoms with Crippen molar-refractivity contribution in [1.82, 2.24) is 14.5 Å². The van der Waals surface area contributed by atoms with Crippen molar-refractivity contribution in [2.24, 2.45) is 0 Å². The van der Waals surface area contributed by atoms with E-state index < -0.39 is 23.5 Å². The third kappa shape index (κ3) is 5.10. The number of likely N-dealkylation sites (tertiary alicyclic amines) is 1. The number of hydrogen-bond donors (Lipinski definition) is 1. The van der Waals surface area contributed by atoms with Crippen LogP contribution in [0.2, 0.25) is 0 Å². The number of aliphatic hydroxyl groups excluding tert-OH is 1. The average Bonchev–Trinajstić information content (AvgIpc) is 3.48. The lowest BCUT2D eigenvalue weighted by Crippen LogP contribution is -2.31. The number of aromatic nitrogens is 2. The van der Waals surface area contributed by atoms with E-state index in [1.807, 2.05) is 24.6 Å². The molecule has 36 heavy (non-hydrogen) atoms. The number of ketones is 1. The lowest BCUT2D eigenvalue weighted by Gasteiger charge is -2.26. The molecule has 3 aromatic rings. The number of carbonyl (C=O) groups excluding carboxylic acids is 2. The van der Waals surface area contributed by atoms with Gasteiger partial charge in [0.25, 0.3) is 11.7 Å². The van der Waals surface area contributed by atoms with Crippen LogP contribution in [0, 0.1) is 5.82 Å². The van der Waals surface area contributed by atoms with Crippen LogP contribution in [0.15, 0.2) is 66.8 Å². The summed E-state index contributed by atoms with van der Waals surface area (Å²) >= 11 is 0. The quantitative estimate of drug-likeness (QED) is 0.257. The minimum absolute atomic E-state index is 0.0548. The van der Waals surface area contributed by atoms with Crippen LogP contribution >= 0.6 is 0 Å². The first-order valence-corrected chi connectivity index (χ1v) is 11.8. The van der Waals surface area contributed by atoms with Gasteiger partial charge in [-0.3, -0.25) is 9.59 Å². The smallest absolute Gasteiger partial charge is 0.295 e. The molecular formula is C27H28FN3O5. The van der Waals surface area contributed by atoms with E-state index >= 15 is 0 Å². The SMILES string of the molecule is CCOc1ccc([C@@H]2C(=C(O)c3ccc(F)cc3)C(=O)C(=O)N2CCCn2ccnc2)cc1OCC. The molecular weight excluding hydrogens is 465 g/mol. The highest BCUT2D eigenvalue weighted by atomic mass is 19.1. The van der Waals surface area contributed by atoms with Crippen LogP contribution in [0.3, 0.4) is 0 Å². The summed E-state index contributed by atoms with van der Waals surface area (Å²) in [7, 11) is 0. The Balaban J connectivity index is 1.77. The number of Topliss-reactive ketones (excluding diaryl/α,β-unsaturated/α-hetero) is 1. The fraction of sp³-hybridized carbons (Fsp3) is 0.296. The third-order valence-corrected chi connectivity index (χ3v) is 5.92. The van der Waals surface area contributed by atoms with Gasteiger partial charge in [0.15, 0.2) is 11.5 Å². The van der Waals surface area contributed by atoms with Gasteiger partial charge in [-0.25, -0.2) is 9.37 Å². The van der Waals surface area contributed by atoms with Crippen molar-refractivity contribution in [3.8, 4) is 11.5 Å².